The third kappa shape index (κ3) is 6.44. The van der Waals surface area contributed by atoms with Gasteiger partial charge in [0, 0.05) is 24.3 Å². The summed E-state index contributed by atoms with van der Waals surface area (Å²) in [6.07, 6.45) is 1.78. The van der Waals surface area contributed by atoms with Crippen molar-refractivity contribution in [3.05, 3.63) is 21.8 Å². The maximum atomic E-state index is 12.6. The van der Waals surface area contributed by atoms with Gasteiger partial charge in [0.25, 0.3) is 21.9 Å². The Labute approximate surface area is 197 Å². The fourth-order valence-electron chi connectivity index (χ4n) is 1.96. The molecule has 0 spiro atoms. The van der Waals surface area contributed by atoms with Crippen molar-refractivity contribution in [2.75, 3.05) is 38.0 Å². The quantitative estimate of drug-likeness (QED) is 0.303. The molecule has 0 heterocycles. The summed E-state index contributed by atoms with van der Waals surface area (Å²) in [6, 6.07) is 0. The van der Waals surface area contributed by atoms with Crippen LogP contribution in [0.3, 0.4) is 0 Å². The van der Waals surface area contributed by atoms with Gasteiger partial charge in [-0.15, -0.1) is 0 Å². The van der Waals surface area contributed by atoms with E-state index >= 15 is 0 Å². The molecule has 0 saturated heterocycles. The summed E-state index contributed by atoms with van der Waals surface area (Å²) in [5, 5.41) is 2.38. The number of likely N-dealkylation sites (N-methyl/N-ethyl adjacent to an activating group) is 1. The number of rotatable bonds is 8. The number of nitrogens with zero attached hydrogens (tertiary/aromatic N) is 1. The lowest BCUT2D eigenvalue weighted by Crippen LogP contribution is -2.34. The molecule has 0 unspecified atom stereocenters. The minimum Gasteiger partial charge on any atom is -0.375 e. The van der Waals surface area contributed by atoms with Crippen LogP contribution in [0.15, 0.2) is 0 Å². The van der Waals surface area contributed by atoms with E-state index in [2.05, 4.69) is 5.32 Å². The molecule has 149 valence electrons. The van der Waals surface area contributed by atoms with Crippen molar-refractivity contribution in [2.45, 2.75) is 0 Å². The highest BCUT2D eigenvalue weighted by Gasteiger charge is 2.28. The summed E-state index contributed by atoms with van der Waals surface area (Å²) in [5.74, 6) is -1.68. The Balaban J connectivity index is 3.44. The number of carbonyl (C=O) groups is 2. The predicted molar refractivity (Wildman–Crippen MR) is 123 cm³/mol. The van der Waals surface area contributed by atoms with Crippen LogP contribution < -0.4 is 10.2 Å². The highest BCUT2D eigenvalue weighted by atomic mass is 127. The second-order valence-electron chi connectivity index (χ2n) is 5.07. The molecule has 0 atom stereocenters. The van der Waals surface area contributed by atoms with E-state index in [1.807, 2.05) is 67.8 Å². The molecule has 2 amide bonds. The third-order valence-corrected chi connectivity index (χ3v) is 7.15. The molecule has 1 aromatic carbocycles. The van der Waals surface area contributed by atoms with Gasteiger partial charge < -0.3 is 15.0 Å². The molecule has 1 radical (unpaired) electrons. The lowest BCUT2D eigenvalue weighted by atomic mass is 10.1. The molecule has 0 aliphatic heterocycles. The van der Waals surface area contributed by atoms with Gasteiger partial charge in [-0.2, -0.15) is 8.42 Å². The molecule has 0 aliphatic carbocycles. The van der Waals surface area contributed by atoms with Gasteiger partial charge in [0.05, 0.1) is 29.7 Å². The number of anilines is 1. The normalized spacial score (nSPS) is 11.2. The van der Waals surface area contributed by atoms with Gasteiger partial charge in [0.1, 0.15) is 6.61 Å². The van der Waals surface area contributed by atoms with E-state index in [9.17, 15) is 22.8 Å². The average Bonchev–Trinajstić information content (AvgIpc) is 2.54. The highest BCUT2D eigenvalue weighted by molar-refractivity contribution is 14.1. The minimum atomic E-state index is -4.23. The molecule has 1 rings (SSSR count). The van der Waals surface area contributed by atoms with Crippen molar-refractivity contribution in [3.8, 4) is 0 Å². The maximum absolute atomic E-state index is 12.6. The van der Waals surface area contributed by atoms with Crippen LogP contribution in [0.1, 0.15) is 15.9 Å². The van der Waals surface area contributed by atoms with Crippen LogP contribution in [0.25, 0.3) is 0 Å². The lowest BCUT2D eigenvalue weighted by molar-refractivity contribution is -0.121. The van der Waals surface area contributed by atoms with Gasteiger partial charge in [-0.25, -0.2) is 0 Å². The zero-order chi connectivity index (χ0) is 20.9. The molecule has 0 bridgehead atoms. The van der Waals surface area contributed by atoms with Crippen LogP contribution in [-0.4, -0.2) is 64.1 Å². The van der Waals surface area contributed by atoms with Gasteiger partial charge in [0.2, 0.25) is 6.29 Å². The predicted octanol–water partition coefficient (Wildman–Crippen LogP) is 1.19. The van der Waals surface area contributed by atoms with Crippen molar-refractivity contribution < 1.29 is 32.1 Å². The molecular formula is C14H14I3N2O7S. The maximum Gasteiger partial charge on any atom is 0.266 e. The van der Waals surface area contributed by atoms with Crippen molar-refractivity contribution in [1.82, 2.24) is 5.32 Å². The molecule has 0 aromatic heterocycles. The summed E-state index contributed by atoms with van der Waals surface area (Å²) >= 11 is 5.60. The van der Waals surface area contributed by atoms with Crippen LogP contribution in [0.2, 0.25) is 0 Å². The second-order valence-corrected chi connectivity index (χ2v) is 9.88. The summed E-state index contributed by atoms with van der Waals surface area (Å²) in [4.78, 5) is 37.5. The molecule has 0 aliphatic rings. The summed E-state index contributed by atoms with van der Waals surface area (Å²) in [7, 11) is -1.37. The highest BCUT2D eigenvalue weighted by Crippen LogP contribution is 2.36. The number of carbonyl (C=O) groups excluding carboxylic acids is 3. The lowest BCUT2D eigenvalue weighted by Gasteiger charge is -2.23. The van der Waals surface area contributed by atoms with Gasteiger partial charge in [-0.3, -0.25) is 18.9 Å². The van der Waals surface area contributed by atoms with Gasteiger partial charge >= 0.3 is 0 Å². The van der Waals surface area contributed by atoms with Crippen LogP contribution >= 0.6 is 67.8 Å². The molecule has 13 heteroatoms. The van der Waals surface area contributed by atoms with Gasteiger partial charge in [-0.05, 0) is 67.8 Å². The van der Waals surface area contributed by atoms with Crippen molar-refractivity contribution in [2.24, 2.45) is 0 Å². The molecule has 27 heavy (non-hydrogen) atoms. The molecular weight excluding hydrogens is 721 g/mol. The minimum absolute atomic E-state index is 0.109. The van der Waals surface area contributed by atoms with E-state index in [-0.39, 0.29) is 30.2 Å². The molecule has 2 N–H and O–H groups in total. The average molecular weight is 735 g/mol. The van der Waals surface area contributed by atoms with Crippen LogP contribution in [0, 0.1) is 10.7 Å². The van der Waals surface area contributed by atoms with E-state index in [0.717, 1.165) is 0 Å². The largest absolute Gasteiger partial charge is 0.375 e. The number of halogens is 3. The SMILES string of the molecule is COCC(=O)N(C)c1c(I)c([C]=O)c(I)c(C(=O)NCCS(=O)(=O)O)c1I. The number of methoxy groups -OCH3 is 1. The fourth-order valence-corrected chi connectivity index (χ4v) is 6.92. The van der Waals surface area contributed by atoms with E-state index in [4.69, 9.17) is 9.29 Å². The Hall–Kier alpha value is -0.110. The third-order valence-electron chi connectivity index (χ3n) is 3.25. The first-order chi connectivity index (χ1) is 12.5. The van der Waals surface area contributed by atoms with E-state index in [1.165, 1.54) is 19.1 Å². The Morgan fingerprint density at radius 1 is 1.22 bits per heavy atom. The Bertz CT molecular complexity index is 874. The standard InChI is InChI=1S/C14H14I3N2O7S/c1-19(8(21)6-26-2)13-11(16)7(5-20)10(15)9(12(13)17)14(22)18-3-4-27(23,24)25/h3-4,6H2,1-2H3,(H,18,22)(H,23,24,25). The summed E-state index contributed by atoms with van der Waals surface area (Å²) in [5.41, 5.74) is 0.568. The van der Waals surface area contributed by atoms with E-state index in [0.29, 0.717) is 16.4 Å². The number of nitrogens with one attached hydrogen (secondary N) is 1. The zero-order valence-corrected chi connectivity index (χ0v) is 21.3. The monoisotopic (exact) mass is 735 g/mol. The number of ether oxygens (including phenoxy) is 1. The van der Waals surface area contributed by atoms with Gasteiger partial charge in [-0.1, -0.05) is 0 Å². The Morgan fingerprint density at radius 2 is 1.81 bits per heavy atom. The topological polar surface area (TPSA) is 130 Å². The van der Waals surface area contributed by atoms with E-state index in [1.54, 1.807) is 6.29 Å². The van der Waals surface area contributed by atoms with Crippen molar-refractivity contribution in [3.63, 3.8) is 0 Å². The first-order valence-electron chi connectivity index (χ1n) is 7.03. The summed E-state index contributed by atoms with van der Waals surface area (Å²) < 4.78 is 36.4. The first kappa shape index (κ1) is 24.9. The smallest absolute Gasteiger partial charge is 0.266 e. The molecule has 9 nitrogen and oxygen atoms in total. The molecule has 0 fully saturated rings. The first-order valence-corrected chi connectivity index (χ1v) is 11.9. The van der Waals surface area contributed by atoms with Crippen molar-refractivity contribution >= 4 is 102 Å². The molecule has 0 saturated carbocycles. The van der Waals surface area contributed by atoms with Crippen LogP contribution in [-0.2, 0) is 24.4 Å². The Kier molecular flexibility index (Phi) is 9.79. The van der Waals surface area contributed by atoms with Gasteiger partial charge in [0.15, 0.2) is 0 Å². The molecule has 1 aromatic rings. The summed E-state index contributed by atoms with van der Waals surface area (Å²) in [6.45, 7) is -0.506. The van der Waals surface area contributed by atoms with Crippen molar-refractivity contribution in [1.29, 1.82) is 0 Å². The number of benzene rings is 1. The Morgan fingerprint density at radius 3 is 2.30 bits per heavy atom. The second kappa shape index (κ2) is 10.6. The number of amides is 2. The van der Waals surface area contributed by atoms with Crippen LogP contribution in [0.5, 0.6) is 0 Å². The number of hydrogen-bond acceptors (Lipinski definition) is 6. The van der Waals surface area contributed by atoms with Crippen LogP contribution in [0.4, 0.5) is 5.69 Å². The number of hydrogen-bond donors (Lipinski definition) is 2. The van der Waals surface area contributed by atoms with E-state index < -0.39 is 21.8 Å². The zero-order valence-electron chi connectivity index (χ0n) is 14.0. The fraction of sp³-hybridized carbons (Fsp3) is 0.357.